The summed E-state index contributed by atoms with van der Waals surface area (Å²) >= 11 is 5.87. The van der Waals surface area contributed by atoms with E-state index >= 15 is 0 Å². The zero-order valence-electron chi connectivity index (χ0n) is 16.2. The minimum absolute atomic E-state index is 0.210. The fraction of sp³-hybridized carbons (Fsp3) is 0.526. The van der Waals surface area contributed by atoms with Gasteiger partial charge in [0, 0.05) is 11.4 Å². The second kappa shape index (κ2) is 10.8. The topological polar surface area (TPSA) is 93.7 Å². The maximum Gasteiger partial charge on any atom is 0.408 e. The van der Waals surface area contributed by atoms with Gasteiger partial charge >= 0.3 is 12.1 Å². The SMILES string of the molecule is COC(=O)[C@@H](Cc1ccc(Cl)cc1)NC(=O)[C@@H](NC(=O)OC(C)C)C(C)C. The number of carbonyl (C=O) groups excluding carboxylic acids is 3. The second-order valence-electron chi connectivity index (χ2n) is 6.74. The lowest BCUT2D eigenvalue weighted by molar-refractivity contribution is -0.145. The highest BCUT2D eigenvalue weighted by Crippen LogP contribution is 2.12. The zero-order valence-corrected chi connectivity index (χ0v) is 17.0. The van der Waals surface area contributed by atoms with Gasteiger partial charge in [-0.2, -0.15) is 0 Å². The lowest BCUT2D eigenvalue weighted by Gasteiger charge is -2.24. The predicted octanol–water partition coefficient (Wildman–Crippen LogP) is 2.70. The molecule has 2 atom stereocenters. The van der Waals surface area contributed by atoms with E-state index in [-0.39, 0.29) is 18.4 Å². The average molecular weight is 399 g/mol. The molecule has 0 spiro atoms. The fourth-order valence-electron chi connectivity index (χ4n) is 2.36. The zero-order chi connectivity index (χ0) is 20.6. The maximum absolute atomic E-state index is 12.7. The summed E-state index contributed by atoms with van der Waals surface area (Å²) in [5, 5.41) is 5.77. The van der Waals surface area contributed by atoms with Gasteiger partial charge in [-0.05, 0) is 37.5 Å². The van der Waals surface area contributed by atoms with Gasteiger partial charge in [-0.25, -0.2) is 9.59 Å². The molecule has 7 nitrogen and oxygen atoms in total. The average Bonchev–Trinajstić information content (AvgIpc) is 2.59. The molecule has 1 aromatic carbocycles. The number of methoxy groups -OCH3 is 1. The molecule has 0 aliphatic carbocycles. The number of carbonyl (C=O) groups is 3. The van der Waals surface area contributed by atoms with Gasteiger partial charge in [-0.1, -0.05) is 37.6 Å². The summed E-state index contributed by atoms with van der Waals surface area (Å²) in [6.45, 7) is 6.99. The van der Waals surface area contributed by atoms with E-state index in [1.54, 1.807) is 52.0 Å². The Balaban J connectivity index is 2.86. The molecule has 0 heterocycles. The molecule has 0 unspecified atom stereocenters. The first-order valence-electron chi connectivity index (χ1n) is 8.73. The van der Waals surface area contributed by atoms with E-state index in [4.69, 9.17) is 21.1 Å². The number of alkyl carbamates (subject to hydrolysis) is 1. The smallest absolute Gasteiger partial charge is 0.408 e. The third-order valence-corrected chi connectivity index (χ3v) is 3.97. The third kappa shape index (κ3) is 7.86. The summed E-state index contributed by atoms with van der Waals surface area (Å²) < 4.78 is 9.82. The van der Waals surface area contributed by atoms with Crippen LogP contribution in [0.2, 0.25) is 5.02 Å². The summed E-state index contributed by atoms with van der Waals surface area (Å²) in [4.78, 5) is 36.6. The van der Waals surface area contributed by atoms with Gasteiger partial charge in [0.05, 0.1) is 13.2 Å². The van der Waals surface area contributed by atoms with Gasteiger partial charge in [0.1, 0.15) is 12.1 Å². The van der Waals surface area contributed by atoms with Crippen molar-refractivity contribution in [1.29, 1.82) is 0 Å². The summed E-state index contributed by atoms with van der Waals surface area (Å²) in [6.07, 6.45) is -0.767. The quantitative estimate of drug-likeness (QED) is 0.656. The van der Waals surface area contributed by atoms with Crippen LogP contribution in [0.3, 0.4) is 0 Å². The van der Waals surface area contributed by atoms with Crippen LogP contribution in [0.15, 0.2) is 24.3 Å². The summed E-state index contributed by atoms with van der Waals surface area (Å²) in [5.41, 5.74) is 0.809. The molecule has 0 aliphatic rings. The molecule has 0 aromatic heterocycles. The van der Waals surface area contributed by atoms with Crippen LogP contribution >= 0.6 is 11.6 Å². The van der Waals surface area contributed by atoms with Crippen LogP contribution in [0.25, 0.3) is 0 Å². The molecular formula is C19H27ClN2O5. The highest BCUT2D eigenvalue weighted by atomic mass is 35.5. The third-order valence-electron chi connectivity index (χ3n) is 3.72. The van der Waals surface area contributed by atoms with E-state index < -0.39 is 30.1 Å². The Kier molecular flexibility index (Phi) is 9.08. The van der Waals surface area contributed by atoms with Crippen molar-refractivity contribution in [3.8, 4) is 0 Å². The minimum Gasteiger partial charge on any atom is -0.467 e. The molecule has 2 N–H and O–H groups in total. The van der Waals surface area contributed by atoms with Crippen LogP contribution in [0.1, 0.15) is 33.3 Å². The molecular weight excluding hydrogens is 372 g/mol. The van der Waals surface area contributed by atoms with Gasteiger partial charge in [0.2, 0.25) is 5.91 Å². The van der Waals surface area contributed by atoms with E-state index in [0.717, 1.165) is 5.56 Å². The van der Waals surface area contributed by atoms with E-state index in [2.05, 4.69) is 10.6 Å². The van der Waals surface area contributed by atoms with Crippen molar-refractivity contribution < 1.29 is 23.9 Å². The number of halogens is 1. The Hall–Kier alpha value is -2.28. The lowest BCUT2D eigenvalue weighted by Crippen LogP contribution is -2.54. The molecule has 1 rings (SSSR count). The Morgan fingerprint density at radius 3 is 2.11 bits per heavy atom. The van der Waals surface area contributed by atoms with Gasteiger partial charge in [-0.3, -0.25) is 4.79 Å². The Morgan fingerprint density at radius 1 is 1.04 bits per heavy atom. The Labute approximate surface area is 164 Å². The monoisotopic (exact) mass is 398 g/mol. The summed E-state index contributed by atoms with van der Waals surface area (Å²) in [5.74, 6) is -1.28. The fourth-order valence-corrected chi connectivity index (χ4v) is 2.49. The number of esters is 1. The predicted molar refractivity (Wildman–Crippen MR) is 102 cm³/mol. The van der Waals surface area contributed by atoms with Crippen molar-refractivity contribution in [2.24, 2.45) is 5.92 Å². The van der Waals surface area contributed by atoms with Gasteiger partial charge in [0.25, 0.3) is 0 Å². The Bertz CT molecular complexity index is 646. The van der Waals surface area contributed by atoms with Crippen LogP contribution < -0.4 is 10.6 Å². The molecule has 0 bridgehead atoms. The number of hydrogen-bond acceptors (Lipinski definition) is 5. The van der Waals surface area contributed by atoms with Crippen LogP contribution in [-0.4, -0.2) is 43.3 Å². The number of rotatable bonds is 8. The lowest BCUT2D eigenvalue weighted by atomic mass is 10.0. The van der Waals surface area contributed by atoms with Crippen molar-refractivity contribution >= 4 is 29.6 Å². The van der Waals surface area contributed by atoms with Crippen LogP contribution in [0.5, 0.6) is 0 Å². The first kappa shape index (κ1) is 22.8. The van der Waals surface area contributed by atoms with E-state index in [1.165, 1.54) is 7.11 Å². The second-order valence-corrected chi connectivity index (χ2v) is 7.17. The number of amides is 2. The maximum atomic E-state index is 12.7. The first-order valence-corrected chi connectivity index (χ1v) is 9.11. The van der Waals surface area contributed by atoms with Crippen molar-refractivity contribution in [1.82, 2.24) is 10.6 Å². The number of benzene rings is 1. The van der Waals surface area contributed by atoms with Crippen molar-refractivity contribution in [3.63, 3.8) is 0 Å². The normalized spacial score (nSPS) is 13.0. The number of hydrogen-bond donors (Lipinski definition) is 2. The largest absolute Gasteiger partial charge is 0.467 e. The van der Waals surface area contributed by atoms with Crippen molar-refractivity contribution in [2.45, 2.75) is 52.3 Å². The van der Waals surface area contributed by atoms with Crippen LogP contribution in [0.4, 0.5) is 4.79 Å². The van der Waals surface area contributed by atoms with E-state index in [0.29, 0.717) is 5.02 Å². The molecule has 0 radical (unpaired) electrons. The summed E-state index contributed by atoms with van der Waals surface area (Å²) in [6, 6.07) is 5.19. The van der Waals surface area contributed by atoms with Gasteiger partial charge < -0.3 is 20.1 Å². The van der Waals surface area contributed by atoms with Crippen molar-refractivity contribution in [2.75, 3.05) is 7.11 Å². The van der Waals surface area contributed by atoms with Crippen molar-refractivity contribution in [3.05, 3.63) is 34.9 Å². The van der Waals surface area contributed by atoms with Gasteiger partial charge in [0.15, 0.2) is 0 Å². The number of ether oxygens (including phenoxy) is 2. The molecule has 0 saturated heterocycles. The van der Waals surface area contributed by atoms with Gasteiger partial charge in [-0.15, -0.1) is 0 Å². The van der Waals surface area contributed by atoms with E-state index in [9.17, 15) is 14.4 Å². The summed E-state index contributed by atoms with van der Waals surface area (Å²) in [7, 11) is 1.25. The van der Waals surface area contributed by atoms with Crippen LogP contribution in [-0.2, 0) is 25.5 Å². The first-order chi connectivity index (χ1) is 12.6. The van der Waals surface area contributed by atoms with Crippen LogP contribution in [0, 0.1) is 5.92 Å². The molecule has 27 heavy (non-hydrogen) atoms. The molecule has 1 aromatic rings. The highest BCUT2D eigenvalue weighted by Gasteiger charge is 2.30. The van der Waals surface area contributed by atoms with E-state index in [1.807, 2.05) is 0 Å². The Morgan fingerprint density at radius 2 is 1.63 bits per heavy atom. The highest BCUT2D eigenvalue weighted by molar-refractivity contribution is 6.30. The standard InChI is InChI=1S/C19H27ClN2O5/c1-11(2)16(22-19(25)27-12(3)4)17(23)21-15(18(24)26-5)10-13-6-8-14(20)9-7-13/h6-9,11-12,15-16H,10H2,1-5H3,(H,21,23)(H,22,25)/t15-,16+/m1/s1. The number of nitrogens with one attached hydrogen (secondary N) is 2. The minimum atomic E-state index is -0.896. The molecule has 2 amide bonds. The molecule has 8 heteroatoms. The molecule has 0 aliphatic heterocycles. The molecule has 0 saturated carbocycles. The molecule has 0 fully saturated rings. The molecule has 150 valence electrons.